The van der Waals surface area contributed by atoms with Gasteiger partial charge in [-0.25, -0.2) is 4.98 Å². The number of rotatable bonds is 2. The molecule has 6 heteroatoms. The zero-order chi connectivity index (χ0) is 9.14. The molecule has 0 fully saturated rings. The Morgan fingerprint density at radius 2 is 2.50 bits per heavy atom. The fraction of sp³-hybridized carbons (Fsp3) is 0.333. The summed E-state index contributed by atoms with van der Waals surface area (Å²) in [5.41, 5.74) is 0.755. The van der Waals surface area contributed by atoms with Crippen molar-refractivity contribution >= 4 is 49.9 Å². The van der Waals surface area contributed by atoms with Gasteiger partial charge in [0, 0.05) is 6.92 Å². The van der Waals surface area contributed by atoms with Crippen LogP contribution in [-0.4, -0.2) is 10.9 Å². The molecule has 1 aromatic heterocycles. The largest absolute Gasteiger partial charge is 0.302 e. The van der Waals surface area contributed by atoms with Gasteiger partial charge < -0.3 is 5.32 Å². The van der Waals surface area contributed by atoms with Crippen molar-refractivity contribution in [2.45, 2.75) is 12.8 Å². The number of amides is 1. The van der Waals surface area contributed by atoms with Gasteiger partial charge in [-0.2, -0.15) is 0 Å². The number of halogens is 2. The lowest BCUT2D eigenvalue weighted by Gasteiger charge is -1.91. The number of alkyl halides is 1. The molecule has 0 bridgehead atoms. The highest BCUT2D eigenvalue weighted by Crippen LogP contribution is 2.29. The summed E-state index contributed by atoms with van der Waals surface area (Å²) in [4.78, 5) is 14.7. The Morgan fingerprint density at radius 3 is 2.92 bits per heavy atom. The average molecular weight is 270 g/mol. The minimum Gasteiger partial charge on any atom is -0.302 e. The summed E-state index contributed by atoms with van der Waals surface area (Å²) in [5, 5.41) is 3.15. The lowest BCUT2D eigenvalue weighted by atomic mass is 10.6. The van der Waals surface area contributed by atoms with Gasteiger partial charge in [-0.05, 0) is 15.9 Å². The number of thiazole rings is 1. The Hall–Kier alpha value is -0.130. The highest BCUT2D eigenvalue weighted by Gasteiger charge is 2.07. The third-order valence-corrected chi connectivity index (χ3v) is 3.06. The Kier molecular flexibility index (Phi) is 3.49. The Bertz CT molecular complexity index is 302. The van der Waals surface area contributed by atoms with Crippen LogP contribution in [0.1, 0.15) is 12.6 Å². The van der Waals surface area contributed by atoms with Crippen LogP contribution in [0.25, 0.3) is 0 Å². The van der Waals surface area contributed by atoms with Crippen LogP contribution in [0.3, 0.4) is 0 Å². The average Bonchev–Trinajstić information content (AvgIpc) is 2.29. The molecule has 1 aromatic rings. The van der Waals surface area contributed by atoms with E-state index in [1.165, 1.54) is 18.3 Å². The summed E-state index contributed by atoms with van der Waals surface area (Å²) < 4.78 is 0.862. The first-order valence-electron chi connectivity index (χ1n) is 3.12. The Labute approximate surface area is 87.3 Å². The molecule has 3 nitrogen and oxygen atoms in total. The van der Waals surface area contributed by atoms with E-state index in [9.17, 15) is 4.79 Å². The molecule has 66 valence electrons. The maximum Gasteiger partial charge on any atom is 0.223 e. The second-order valence-electron chi connectivity index (χ2n) is 2.05. The monoisotopic (exact) mass is 268 g/mol. The van der Waals surface area contributed by atoms with Crippen LogP contribution in [0.15, 0.2) is 3.79 Å². The van der Waals surface area contributed by atoms with Crippen molar-refractivity contribution in [3.63, 3.8) is 0 Å². The fourth-order valence-corrected chi connectivity index (χ4v) is 2.50. The van der Waals surface area contributed by atoms with Gasteiger partial charge in [0.15, 0.2) is 5.13 Å². The van der Waals surface area contributed by atoms with E-state index >= 15 is 0 Å². The van der Waals surface area contributed by atoms with E-state index in [2.05, 4.69) is 26.2 Å². The highest BCUT2D eigenvalue weighted by atomic mass is 79.9. The van der Waals surface area contributed by atoms with E-state index in [4.69, 9.17) is 11.6 Å². The first kappa shape index (κ1) is 9.95. The molecule has 0 aliphatic rings. The number of anilines is 1. The predicted molar refractivity (Wildman–Crippen MR) is 53.7 cm³/mol. The van der Waals surface area contributed by atoms with E-state index in [0.717, 1.165) is 9.48 Å². The molecular formula is C6H6BrClN2OS. The summed E-state index contributed by atoms with van der Waals surface area (Å²) in [5.74, 6) is 0.216. The number of nitrogens with one attached hydrogen (secondary N) is 1. The van der Waals surface area contributed by atoms with Gasteiger partial charge in [-0.3, -0.25) is 4.79 Å². The Morgan fingerprint density at radius 1 is 1.83 bits per heavy atom. The molecule has 0 aliphatic carbocycles. The van der Waals surface area contributed by atoms with Crippen LogP contribution in [0.2, 0.25) is 0 Å². The van der Waals surface area contributed by atoms with Gasteiger partial charge in [-0.15, -0.1) is 11.6 Å². The number of aromatic nitrogens is 1. The van der Waals surface area contributed by atoms with Crippen molar-refractivity contribution in [1.82, 2.24) is 4.98 Å². The molecule has 0 unspecified atom stereocenters. The lowest BCUT2D eigenvalue weighted by molar-refractivity contribution is -0.114. The van der Waals surface area contributed by atoms with Crippen LogP contribution in [0.5, 0.6) is 0 Å². The quantitative estimate of drug-likeness (QED) is 0.839. The molecular weight excluding hydrogens is 264 g/mol. The minimum atomic E-state index is -0.127. The van der Waals surface area contributed by atoms with Crippen LogP contribution in [0.4, 0.5) is 5.13 Å². The predicted octanol–water partition coefficient (Wildman–Crippen LogP) is 2.60. The smallest absolute Gasteiger partial charge is 0.223 e. The fourth-order valence-electron chi connectivity index (χ4n) is 0.620. The van der Waals surface area contributed by atoms with E-state index in [1.807, 2.05) is 0 Å². The zero-order valence-corrected chi connectivity index (χ0v) is 9.39. The van der Waals surface area contributed by atoms with Gasteiger partial charge >= 0.3 is 0 Å². The molecule has 0 saturated heterocycles. The molecule has 0 atom stereocenters. The van der Waals surface area contributed by atoms with E-state index < -0.39 is 0 Å². The van der Waals surface area contributed by atoms with E-state index in [-0.39, 0.29) is 5.91 Å². The minimum absolute atomic E-state index is 0.127. The summed E-state index contributed by atoms with van der Waals surface area (Å²) in [7, 11) is 0. The lowest BCUT2D eigenvalue weighted by Crippen LogP contribution is -2.05. The van der Waals surface area contributed by atoms with Crippen molar-refractivity contribution in [2.24, 2.45) is 0 Å². The van der Waals surface area contributed by atoms with Crippen molar-refractivity contribution in [3.8, 4) is 0 Å². The maximum atomic E-state index is 10.6. The van der Waals surface area contributed by atoms with Crippen LogP contribution < -0.4 is 5.32 Å². The first-order valence-corrected chi connectivity index (χ1v) is 5.26. The highest BCUT2D eigenvalue weighted by molar-refractivity contribution is 9.11. The van der Waals surface area contributed by atoms with Crippen molar-refractivity contribution in [2.75, 3.05) is 5.32 Å². The van der Waals surface area contributed by atoms with Gasteiger partial charge in [-0.1, -0.05) is 11.3 Å². The number of hydrogen-bond donors (Lipinski definition) is 1. The molecule has 0 saturated carbocycles. The summed E-state index contributed by atoms with van der Waals surface area (Å²) in [6.07, 6.45) is 0. The summed E-state index contributed by atoms with van der Waals surface area (Å²) in [6.45, 7) is 1.44. The Balaban J connectivity index is 2.82. The molecule has 1 amide bonds. The molecule has 12 heavy (non-hydrogen) atoms. The van der Waals surface area contributed by atoms with Crippen LogP contribution in [0, 0.1) is 0 Å². The van der Waals surface area contributed by atoms with E-state index in [0.29, 0.717) is 11.0 Å². The molecule has 0 aliphatic heterocycles. The van der Waals surface area contributed by atoms with Gasteiger partial charge in [0.1, 0.15) is 0 Å². The van der Waals surface area contributed by atoms with Crippen molar-refractivity contribution < 1.29 is 4.79 Å². The van der Waals surface area contributed by atoms with E-state index in [1.54, 1.807) is 0 Å². The SMILES string of the molecule is CC(=O)Nc1nc(CCl)c(Br)s1. The third-order valence-electron chi connectivity index (χ3n) is 1.06. The maximum absolute atomic E-state index is 10.6. The normalized spacial score (nSPS) is 9.92. The molecule has 0 spiro atoms. The molecule has 1 heterocycles. The zero-order valence-electron chi connectivity index (χ0n) is 6.23. The molecule has 0 aromatic carbocycles. The number of carbonyl (C=O) groups is 1. The van der Waals surface area contributed by atoms with Crippen molar-refractivity contribution in [3.05, 3.63) is 9.48 Å². The first-order chi connectivity index (χ1) is 5.63. The van der Waals surface area contributed by atoms with Crippen LogP contribution in [-0.2, 0) is 10.7 Å². The number of carbonyl (C=O) groups excluding carboxylic acids is 1. The third kappa shape index (κ3) is 2.43. The molecule has 0 radical (unpaired) electrons. The number of hydrogen-bond acceptors (Lipinski definition) is 3. The summed E-state index contributed by atoms with van der Waals surface area (Å²) in [6, 6.07) is 0. The van der Waals surface area contributed by atoms with Gasteiger partial charge in [0.25, 0.3) is 0 Å². The number of nitrogens with zero attached hydrogens (tertiary/aromatic N) is 1. The summed E-state index contributed by atoms with van der Waals surface area (Å²) >= 11 is 10.2. The second kappa shape index (κ2) is 4.20. The molecule has 1 rings (SSSR count). The second-order valence-corrected chi connectivity index (χ2v) is 4.64. The topological polar surface area (TPSA) is 42.0 Å². The van der Waals surface area contributed by atoms with Crippen LogP contribution >= 0.6 is 38.9 Å². The van der Waals surface area contributed by atoms with Gasteiger partial charge in [0.05, 0.1) is 15.4 Å². The van der Waals surface area contributed by atoms with Crippen molar-refractivity contribution in [1.29, 1.82) is 0 Å². The van der Waals surface area contributed by atoms with Gasteiger partial charge in [0.2, 0.25) is 5.91 Å². The molecule has 1 N–H and O–H groups in total. The standard InChI is InChI=1S/C6H6BrClN2OS/c1-3(11)9-6-10-4(2-8)5(7)12-6/h2H2,1H3,(H,9,10,11).